The lowest BCUT2D eigenvalue weighted by molar-refractivity contribution is 0.465. The van der Waals surface area contributed by atoms with Crippen LogP contribution in [0.3, 0.4) is 0 Å². The molecule has 4 aromatic carbocycles. The summed E-state index contributed by atoms with van der Waals surface area (Å²) in [6.07, 6.45) is 0. The normalized spacial score (nSPS) is 13.0. The van der Waals surface area contributed by atoms with Crippen LogP contribution in [0.15, 0.2) is 84.9 Å². The van der Waals surface area contributed by atoms with Crippen LogP contribution in [-0.4, -0.2) is 6.71 Å². The molecule has 0 aliphatic carbocycles. The molecular weight excluding hydrogens is 367 g/mol. The van der Waals surface area contributed by atoms with Gasteiger partial charge in [-0.1, -0.05) is 72.3 Å². The van der Waals surface area contributed by atoms with Crippen molar-refractivity contribution in [1.29, 1.82) is 0 Å². The molecule has 2 aliphatic heterocycles. The number of hydrogen-bond donors (Lipinski definition) is 0. The summed E-state index contributed by atoms with van der Waals surface area (Å²) < 4.78 is 12.6. The van der Waals surface area contributed by atoms with E-state index < -0.39 is 0 Å². The molecule has 28 heavy (non-hydrogen) atoms. The Balaban J connectivity index is 1.66. The van der Waals surface area contributed by atoms with Gasteiger partial charge >= 0.3 is 0 Å². The number of ether oxygens (including phenoxy) is 2. The molecule has 0 saturated carbocycles. The van der Waals surface area contributed by atoms with Crippen LogP contribution in [0.2, 0.25) is 5.02 Å². The number of benzene rings is 4. The Morgan fingerprint density at radius 3 is 2.11 bits per heavy atom. The molecule has 2 nitrogen and oxygen atoms in total. The molecule has 0 radical (unpaired) electrons. The van der Waals surface area contributed by atoms with E-state index in [4.69, 9.17) is 21.1 Å². The SMILES string of the molecule is Clc1ccccc1-c1cccc2c1Oc1cccc3c1B2c1ccccc1O3. The van der Waals surface area contributed by atoms with Crippen LogP contribution < -0.4 is 25.9 Å². The highest BCUT2D eigenvalue weighted by atomic mass is 35.5. The fourth-order valence-electron chi connectivity index (χ4n) is 4.29. The number of fused-ring (bicyclic) bond motifs is 4. The predicted molar refractivity (Wildman–Crippen MR) is 115 cm³/mol. The minimum atomic E-state index is 0.0716. The van der Waals surface area contributed by atoms with E-state index in [0.717, 1.165) is 50.5 Å². The molecule has 6 rings (SSSR count). The number of hydrogen-bond acceptors (Lipinski definition) is 2. The van der Waals surface area contributed by atoms with Crippen molar-refractivity contribution in [2.45, 2.75) is 0 Å². The Hall–Kier alpha value is -3.17. The number of para-hydroxylation sites is 2. The summed E-state index contributed by atoms with van der Waals surface area (Å²) in [4.78, 5) is 0. The molecule has 2 heterocycles. The molecule has 0 aromatic heterocycles. The molecule has 2 aliphatic rings. The minimum Gasteiger partial charge on any atom is -0.458 e. The Morgan fingerprint density at radius 2 is 1.21 bits per heavy atom. The highest BCUT2D eigenvalue weighted by Crippen LogP contribution is 2.40. The van der Waals surface area contributed by atoms with Crippen molar-refractivity contribution >= 4 is 34.7 Å². The highest BCUT2D eigenvalue weighted by Gasteiger charge is 2.40. The summed E-state index contributed by atoms with van der Waals surface area (Å²) in [5.41, 5.74) is 5.35. The van der Waals surface area contributed by atoms with E-state index in [2.05, 4.69) is 30.3 Å². The third kappa shape index (κ3) is 2.17. The van der Waals surface area contributed by atoms with Gasteiger partial charge in [-0.3, -0.25) is 0 Å². The van der Waals surface area contributed by atoms with E-state index >= 15 is 0 Å². The highest BCUT2D eigenvalue weighted by molar-refractivity contribution is 6.98. The Kier molecular flexibility index (Phi) is 3.35. The lowest BCUT2D eigenvalue weighted by atomic mass is 9.34. The van der Waals surface area contributed by atoms with Gasteiger partial charge in [0.15, 0.2) is 0 Å². The molecule has 0 saturated heterocycles. The first-order chi connectivity index (χ1) is 13.8. The van der Waals surface area contributed by atoms with E-state index in [-0.39, 0.29) is 6.71 Å². The summed E-state index contributed by atoms with van der Waals surface area (Å²) in [6.45, 7) is 0.0716. The maximum atomic E-state index is 6.51. The monoisotopic (exact) mass is 380 g/mol. The molecule has 0 atom stereocenters. The zero-order valence-corrected chi connectivity index (χ0v) is 15.6. The van der Waals surface area contributed by atoms with E-state index in [1.807, 2.05) is 54.6 Å². The predicted octanol–water partition coefficient (Wildman–Crippen LogP) is 4.73. The number of halogens is 1. The first-order valence-electron chi connectivity index (χ1n) is 9.26. The van der Waals surface area contributed by atoms with Crippen molar-refractivity contribution in [1.82, 2.24) is 0 Å². The van der Waals surface area contributed by atoms with Crippen LogP contribution in [0.4, 0.5) is 0 Å². The van der Waals surface area contributed by atoms with Crippen molar-refractivity contribution in [3.05, 3.63) is 90.0 Å². The maximum Gasteiger partial charge on any atom is 0.260 e. The van der Waals surface area contributed by atoms with E-state index in [9.17, 15) is 0 Å². The molecule has 4 aromatic rings. The second-order valence-corrected chi connectivity index (χ2v) is 7.45. The van der Waals surface area contributed by atoms with Gasteiger partial charge in [0, 0.05) is 21.6 Å². The van der Waals surface area contributed by atoms with Crippen molar-refractivity contribution in [2.24, 2.45) is 0 Å². The van der Waals surface area contributed by atoms with Crippen LogP contribution in [0.5, 0.6) is 23.0 Å². The smallest absolute Gasteiger partial charge is 0.260 e. The average Bonchev–Trinajstić information content (AvgIpc) is 2.74. The van der Waals surface area contributed by atoms with Gasteiger partial charge in [-0.2, -0.15) is 0 Å². The summed E-state index contributed by atoms with van der Waals surface area (Å²) in [5, 5.41) is 0.714. The largest absolute Gasteiger partial charge is 0.458 e. The van der Waals surface area contributed by atoms with Gasteiger partial charge in [-0.15, -0.1) is 0 Å². The zero-order chi connectivity index (χ0) is 18.7. The van der Waals surface area contributed by atoms with Crippen LogP contribution in [-0.2, 0) is 0 Å². The van der Waals surface area contributed by atoms with Crippen LogP contribution >= 0.6 is 11.6 Å². The van der Waals surface area contributed by atoms with E-state index in [0.29, 0.717) is 5.02 Å². The number of rotatable bonds is 1. The molecule has 0 N–H and O–H groups in total. The van der Waals surface area contributed by atoms with E-state index in [1.54, 1.807) is 0 Å². The Labute approximate surface area is 168 Å². The zero-order valence-electron chi connectivity index (χ0n) is 14.9. The van der Waals surface area contributed by atoms with Gasteiger partial charge in [0.2, 0.25) is 0 Å². The average molecular weight is 381 g/mol. The quantitative estimate of drug-likeness (QED) is 0.384. The van der Waals surface area contributed by atoms with Crippen molar-refractivity contribution in [2.75, 3.05) is 0 Å². The maximum absolute atomic E-state index is 6.51. The second kappa shape index (κ2) is 5.92. The molecule has 0 bridgehead atoms. The topological polar surface area (TPSA) is 18.5 Å². The van der Waals surface area contributed by atoms with Crippen molar-refractivity contribution in [3.8, 4) is 34.1 Å². The molecule has 0 fully saturated rings. The van der Waals surface area contributed by atoms with E-state index in [1.165, 1.54) is 0 Å². The van der Waals surface area contributed by atoms with Gasteiger partial charge < -0.3 is 9.47 Å². The first-order valence-corrected chi connectivity index (χ1v) is 9.64. The van der Waals surface area contributed by atoms with Crippen molar-refractivity contribution in [3.63, 3.8) is 0 Å². The van der Waals surface area contributed by atoms with Gasteiger partial charge in [-0.05, 0) is 35.2 Å². The molecule has 4 heteroatoms. The lowest BCUT2D eigenvalue weighted by Crippen LogP contribution is -2.57. The molecule has 0 unspecified atom stereocenters. The summed E-state index contributed by atoms with van der Waals surface area (Å²) in [5.74, 6) is 3.45. The fraction of sp³-hybridized carbons (Fsp3) is 0. The molecular formula is C24H14BClO2. The van der Waals surface area contributed by atoms with Crippen LogP contribution in [0.1, 0.15) is 0 Å². The lowest BCUT2D eigenvalue weighted by Gasteiger charge is -2.33. The molecule has 0 amide bonds. The second-order valence-electron chi connectivity index (χ2n) is 7.05. The Bertz CT molecular complexity index is 1250. The summed E-state index contributed by atoms with van der Waals surface area (Å²) >= 11 is 6.51. The standard InChI is InChI=1S/C24H14BClO2/c26-19-11-3-1-7-15(19)16-8-5-10-18-24(16)28-22-14-6-13-21-23(22)25(18)17-9-2-4-12-20(17)27-21/h1-14H. The van der Waals surface area contributed by atoms with Gasteiger partial charge in [0.25, 0.3) is 6.71 Å². The minimum absolute atomic E-state index is 0.0716. The van der Waals surface area contributed by atoms with Crippen molar-refractivity contribution < 1.29 is 9.47 Å². The molecule has 132 valence electrons. The summed E-state index contributed by atoms with van der Waals surface area (Å²) in [6, 6.07) is 28.4. The van der Waals surface area contributed by atoms with Gasteiger partial charge in [0.1, 0.15) is 23.0 Å². The van der Waals surface area contributed by atoms with Gasteiger partial charge in [-0.25, -0.2) is 0 Å². The van der Waals surface area contributed by atoms with Crippen LogP contribution in [0, 0.1) is 0 Å². The first kappa shape index (κ1) is 15.9. The summed E-state index contributed by atoms with van der Waals surface area (Å²) in [7, 11) is 0. The molecule has 0 spiro atoms. The van der Waals surface area contributed by atoms with Crippen LogP contribution in [0.25, 0.3) is 11.1 Å². The Morgan fingerprint density at radius 1 is 0.571 bits per heavy atom. The fourth-order valence-corrected chi connectivity index (χ4v) is 4.53. The van der Waals surface area contributed by atoms with Gasteiger partial charge in [0.05, 0.1) is 0 Å². The third-order valence-corrected chi connectivity index (χ3v) is 5.83. The third-order valence-electron chi connectivity index (χ3n) is 5.50.